The number of halogens is 2. The van der Waals surface area contributed by atoms with Crippen molar-refractivity contribution in [3.63, 3.8) is 0 Å². The van der Waals surface area contributed by atoms with Gasteiger partial charge >= 0.3 is 0 Å². The van der Waals surface area contributed by atoms with Gasteiger partial charge in [-0.15, -0.1) is 0 Å². The van der Waals surface area contributed by atoms with Crippen molar-refractivity contribution < 1.29 is 4.39 Å². The molecule has 0 saturated carbocycles. The Hall–Kier alpha value is -0.0600. The van der Waals surface area contributed by atoms with Crippen LogP contribution >= 0.6 is 27.9 Å². The second-order valence-electron chi connectivity index (χ2n) is 1.69. The molecule has 0 fully saturated rings. The van der Waals surface area contributed by atoms with E-state index in [4.69, 9.17) is 5.14 Å². The first-order valence-corrected chi connectivity index (χ1v) is 4.23. The highest BCUT2D eigenvalue weighted by molar-refractivity contribution is 9.10. The van der Waals surface area contributed by atoms with Gasteiger partial charge in [-0.3, -0.25) is 5.14 Å². The van der Waals surface area contributed by atoms with Gasteiger partial charge < -0.3 is 0 Å². The zero-order valence-electron chi connectivity index (χ0n) is 4.97. The van der Waals surface area contributed by atoms with E-state index in [2.05, 4.69) is 15.9 Å². The van der Waals surface area contributed by atoms with E-state index < -0.39 is 0 Å². The van der Waals surface area contributed by atoms with Crippen LogP contribution in [-0.4, -0.2) is 0 Å². The first-order valence-electron chi connectivity index (χ1n) is 2.56. The largest absolute Gasteiger partial charge is 0.274 e. The molecule has 1 aromatic carbocycles. The fourth-order valence-corrected chi connectivity index (χ4v) is 1.22. The minimum absolute atomic E-state index is 0.290. The Bertz CT molecular complexity index is 241. The predicted octanol–water partition coefficient (Wildman–Crippen LogP) is 2.55. The maximum atomic E-state index is 12.7. The second-order valence-corrected chi connectivity index (χ2v) is 3.28. The molecule has 0 aliphatic carbocycles. The quantitative estimate of drug-likeness (QED) is 0.739. The lowest BCUT2D eigenvalue weighted by Gasteiger charge is -1.96. The van der Waals surface area contributed by atoms with Crippen molar-refractivity contribution in [1.82, 2.24) is 0 Å². The molecule has 0 aliphatic heterocycles. The maximum Gasteiger partial charge on any atom is 0.139 e. The SMILES string of the molecule is NSc1ccc(Br)cc1F. The topological polar surface area (TPSA) is 26.0 Å². The lowest BCUT2D eigenvalue weighted by atomic mass is 10.3. The molecule has 10 heavy (non-hydrogen) atoms. The number of hydrogen-bond acceptors (Lipinski definition) is 2. The Morgan fingerprint density at radius 1 is 1.50 bits per heavy atom. The van der Waals surface area contributed by atoms with E-state index in [9.17, 15) is 4.39 Å². The summed E-state index contributed by atoms with van der Waals surface area (Å²) in [7, 11) is 0. The van der Waals surface area contributed by atoms with Crippen LogP contribution in [0.25, 0.3) is 0 Å². The van der Waals surface area contributed by atoms with Crippen LogP contribution in [-0.2, 0) is 0 Å². The van der Waals surface area contributed by atoms with Crippen LogP contribution in [0.2, 0.25) is 0 Å². The molecule has 4 heteroatoms. The number of rotatable bonds is 1. The maximum absolute atomic E-state index is 12.7. The van der Waals surface area contributed by atoms with E-state index >= 15 is 0 Å². The molecule has 0 aliphatic rings. The van der Waals surface area contributed by atoms with Gasteiger partial charge in [-0.05, 0) is 30.1 Å². The zero-order valence-corrected chi connectivity index (χ0v) is 7.38. The summed E-state index contributed by atoms with van der Waals surface area (Å²) in [6, 6.07) is 4.76. The lowest BCUT2D eigenvalue weighted by molar-refractivity contribution is 0.601. The van der Waals surface area contributed by atoms with Crippen molar-refractivity contribution in [2.45, 2.75) is 4.90 Å². The Labute approximate surface area is 71.1 Å². The predicted molar refractivity (Wildman–Crippen MR) is 44.1 cm³/mol. The summed E-state index contributed by atoms with van der Waals surface area (Å²) in [6.45, 7) is 0. The van der Waals surface area contributed by atoms with Crippen LogP contribution in [0.4, 0.5) is 4.39 Å². The van der Waals surface area contributed by atoms with Crippen LogP contribution in [0, 0.1) is 5.82 Å². The molecular weight excluding hydrogens is 217 g/mol. The van der Waals surface area contributed by atoms with Crippen molar-refractivity contribution in [3.05, 3.63) is 28.5 Å². The van der Waals surface area contributed by atoms with Gasteiger partial charge in [-0.1, -0.05) is 15.9 Å². The Morgan fingerprint density at radius 2 is 2.20 bits per heavy atom. The molecule has 0 amide bonds. The third kappa shape index (κ3) is 1.71. The van der Waals surface area contributed by atoms with E-state index in [1.165, 1.54) is 6.07 Å². The van der Waals surface area contributed by atoms with Gasteiger partial charge in [0.25, 0.3) is 0 Å². The molecule has 1 rings (SSSR count). The molecule has 1 aromatic rings. The molecule has 54 valence electrons. The first-order chi connectivity index (χ1) is 4.74. The molecule has 2 N–H and O–H groups in total. The first kappa shape index (κ1) is 8.04. The van der Waals surface area contributed by atoms with Gasteiger partial charge in [0, 0.05) is 4.47 Å². The van der Waals surface area contributed by atoms with Crippen molar-refractivity contribution >= 4 is 27.9 Å². The van der Waals surface area contributed by atoms with Crippen LogP contribution in [0.15, 0.2) is 27.6 Å². The molecule has 0 heterocycles. The van der Waals surface area contributed by atoms with Gasteiger partial charge in [-0.25, -0.2) is 4.39 Å². The van der Waals surface area contributed by atoms with Gasteiger partial charge in [0.1, 0.15) is 5.82 Å². The average molecular weight is 222 g/mol. The number of benzene rings is 1. The Morgan fingerprint density at radius 3 is 2.70 bits per heavy atom. The molecule has 0 bridgehead atoms. The smallest absolute Gasteiger partial charge is 0.139 e. The van der Waals surface area contributed by atoms with E-state index in [0.717, 1.165) is 16.4 Å². The number of nitrogens with two attached hydrogens (primary N) is 1. The highest BCUT2D eigenvalue weighted by Gasteiger charge is 1.99. The van der Waals surface area contributed by atoms with Crippen molar-refractivity contribution in [2.75, 3.05) is 0 Å². The summed E-state index contributed by atoms with van der Waals surface area (Å²) in [5, 5.41) is 5.16. The fraction of sp³-hybridized carbons (Fsp3) is 0. The van der Waals surface area contributed by atoms with Gasteiger partial charge in [0.2, 0.25) is 0 Å². The van der Waals surface area contributed by atoms with Crippen molar-refractivity contribution in [2.24, 2.45) is 5.14 Å². The normalized spacial score (nSPS) is 9.90. The summed E-state index contributed by atoms with van der Waals surface area (Å²) in [5.41, 5.74) is 0. The van der Waals surface area contributed by atoms with E-state index in [1.807, 2.05) is 0 Å². The summed E-state index contributed by atoms with van der Waals surface area (Å²) in [5.74, 6) is -0.290. The highest BCUT2D eigenvalue weighted by atomic mass is 79.9. The minimum Gasteiger partial charge on any atom is -0.274 e. The molecule has 0 radical (unpaired) electrons. The fourth-order valence-electron chi connectivity index (χ4n) is 0.571. The molecule has 0 unspecified atom stereocenters. The van der Waals surface area contributed by atoms with E-state index in [1.54, 1.807) is 12.1 Å². The number of hydrogen-bond donors (Lipinski definition) is 1. The molecule has 0 atom stereocenters. The Kier molecular flexibility index (Phi) is 2.71. The van der Waals surface area contributed by atoms with Crippen LogP contribution in [0.5, 0.6) is 0 Å². The minimum atomic E-state index is -0.290. The van der Waals surface area contributed by atoms with Crippen molar-refractivity contribution in [3.8, 4) is 0 Å². The van der Waals surface area contributed by atoms with E-state index in [-0.39, 0.29) is 5.82 Å². The molecule has 0 aromatic heterocycles. The van der Waals surface area contributed by atoms with Crippen LogP contribution in [0.1, 0.15) is 0 Å². The van der Waals surface area contributed by atoms with Crippen molar-refractivity contribution in [1.29, 1.82) is 0 Å². The monoisotopic (exact) mass is 221 g/mol. The van der Waals surface area contributed by atoms with Gasteiger partial charge in [0.15, 0.2) is 0 Å². The van der Waals surface area contributed by atoms with Gasteiger partial charge in [0.05, 0.1) is 4.90 Å². The van der Waals surface area contributed by atoms with Crippen LogP contribution in [0.3, 0.4) is 0 Å². The average Bonchev–Trinajstić information content (AvgIpc) is 1.88. The summed E-state index contributed by atoms with van der Waals surface area (Å²) in [4.78, 5) is 0.461. The van der Waals surface area contributed by atoms with Gasteiger partial charge in [-0.2, -0.15) is 0 Å². The summed E-state index contributed by atoms with van der Waals surface area (Å²) >= 11 is 4.04. The molecule has 0 saturated heterocycles. The molecule has 1 nitrogen and oxygen atoms in total. The standard InChI is InChI=1S/C6H5BrFNS/c7-4-1-2-6(10-9)5(8)3-4/h1-3H,9H2. The summed E-state index contributed by atoms with van der Waals surface area (Å²) < 4.78 is 13.4. The second kappa shape index (κ2) is 3.37. The summed E-state index contributed by atoms with van der Waals surface area (Å²) in [6.07, 6.45) is 0. The highest BCUT2D eigenvalue weighted by Crippen LogP contribution is 2.20. The molecule has 0 spiro atoms. The zero-order chi connectivity index (χ0) is 7.56. The Balaban J connectivity index is 3.07. The molecular formula is C6H5BrFNS. The lowest BCUT2D eigenvalue weighted by Crippen LogP contribution is -1.84. The van der Waals surface area contributed by atoms with E-state index in [0.29, 0.717) is 4.90 Å². The third-order valence-corrected chi connectivity index (χ3v) is 2.10. The third-order valence-electron chi connectivity index (χ3n) is 1.02. The van der Waals surface area contributed by atoms with Crippen LogP contribution < -0.4 is 5.14 Å².